The Morgan fingerprint density at radius 3 is 1.30 bits per heavy atom. The van der Waals surface area contributed by atoms with Crippen LogP contribution in [0.25, 0.3) is 0 Å². The van der Waals surface area contributed by atoms with Gasteiger partial charge in [0.05, 0.1) is 39.6 Å². The zero-order chi connectivity index (χ0) is 29.3. The molecule has 6 N–H and O–H groups in total. The lowest BCUT2D eigenvalue weighted by Crippen LogP contribution is -2.14. The smallest absolute Gasteiger partial charge is 0.354 e. The fraction of sp³-hybridized carbons (Fsp3) is 0.571. The number of aromatic nitrogens is 2. The van der Waals surface area contributed by atoms with Gasteiger partial charge in [-0.2, -0.15) is 0 Å². The quantitative estimate of drug-likeness (QED) is 0.153. The van der Waals surface area contributed by atoms with Crippen LogP contribution in [0, 0.1) is 0 Å². The van der Waals surface area contributed by atoms with Gasteiger partial charge in [-0.3, -0.25) is 0 Å². The molecular weight excluding hydrogens is 520 g/mol. The van der Waals surface area contributed by atoms with Crippen molar-refractivity contribution in [3.63, 3.8) is 0 Å². The molecule has 0 atom stereocenters. The second kappa shape index (κ2) is 23.9. The van der Waals surface area contributed by atoms with Crippen molar-refractivity contribution in [2.24, 2.45) is 11.5 Å². The molecule has 0 saturated heterocycles. The van der Waals surface area contributed by atoms with Crippen molar-refractivity contribution in [2.75, 3.05) is 65.9 Å². The van der Waals surface area contributed by atoms with E-state index in [0.717, 1.165) is 49.9 Å². The number of nitrogens with zero attached hydrogens (tertiary/aromatic N) is 2. The molecule has 0 aliphatic heterocycles. The third-order valence-corrected chi connectivity index (χ3v) is 5.26. The monoisotopic (exact) mass is 564 g/mol. The summed E-state index contributed by atoms with van der Waals surface area (Å²) in [6.07, 6.45) is 4.97. The van der Waals surface area contributed by atoms with Gasteiger partial charge in [-0.1, -0.05) is 12.1 Å². The van der Waals surface area contributed by atoms with Crippen molar-refractivity contribution < 1.29 is 38.7 Å². The highest BCUT2D eigenvalue weighted by atomic mass is 16.5. The topological polar surface area (TPSA) is 189 Å². The molecule has 0 spiro atoms. The largest absolute Gasteiger partial charge is 0.477 e. The molecular formula is C28H44N4O8. The zero-order valence-corrected chi connectivity index (χ0v) is 23.2. The Labute approximate surface area is 236 Å². The van der Waals surface area contributed by atoms with E-state index in [4.69, 9.17) is 40.6 Å². The van der Waals surface area contributed by atoms with Crippen LogP contribution in [0.5, 0.6) is 0 Å². The Kier molecular flexibility index (Phi) is 20.9. The number of hydrogen-bond acceptors (Lipinski definition) is 10. The number of aryl methyl sites for hydroxylation is 2. The van der Waals surface area contributed by atoms with Crippen LogP contribution in [-0.2, 0) is 31.8 Å². The first-order valence-corrected chi connectivity index (χ1v) is 13.6. The van der Waals surface area contributed by atoms with Crippen molar-refractivity contribution in [3.05, 3.63) is 59.2 Å². The molecule has 0 aromatic carbocycles. The normalized spacial score (nSPS) is 10.7. The van der Waals surface area contributed by atoms with Crippen LogP contribution in [0.15, 0.2) is 36.4 Å². The maximum atomic E-state index is 10.9. The number of carbonyl (C=O) groups is 2. The van der Waals surface area contributed by atoms with Gasteiger partial charge in [-0.15, -0.1) is 0 Å². The van der Waals surface area contributed by atoms with Crippen LogP contribution < -0.4 is 11.5 Å². The Morgan fingerprint density at radius 2 is 0.950 bits per heavy atom. The minimum absolute atomic E-state index is 0.0749. The van der Waals surface area contributed by atoms with Crippen LogP contribution in [-0.4, -0.2) is 98.1 Å². The molecule has 2 aromatic heterocycles. The highest BCUT2D eigenvalue weighted by Crippen LogP contribution is 2.06. The second-order valence-corrected chi connectivity index (χ2v) is 8.58. The third-order valence-electron chi connectivity index (χ3n) is 5.26. The molecule has 0 fully saturated rings. The van der Waals surface area contributed by atoms with Crippen LogP contribution in [0.3, 0.4) is 0 Å². The zero-order valence-electron chi connectivity index (χ0n) is 23.2. The highest BCUT2D eigenvalue weighted by Gasteiger charge is 2.06. The van der Waals surface area contributed by atoms with Crippen molar-refractivity contribution >= 4 is 11.9 Å². The minimum Gasteiger partial charge on any atom is -0.477 e. The Balaban J connectivity index is 0.000000680. The summed E-state index contributed by atoms with van der Waals surface area (Å²) in [5, 5.41) is 17.9. The molecule has 12 heteroatoms. The number of carboxylic acids is 2. The molecule has 0 aliphatic carbocycles. The number of rotatable bonds is 22. The van der Waals surface area contributed by atoms with E-state index in [1.165, 1.54) is 12.1 Å². The van der Waals surface area contributed by atoms with Gasteiger partial charge in [-0.05, 0) is 62.8 Å². The molecule has 12 nitrogen and oxygen atoms in total. The molecule has 0 saturated carbocycles. The van der Waals surface area contributed by atoms with Crippen molar-refractivity contribution in [2.45, 2.75) is 38.5 Å². The summed E-state index contributed by atoms with van der Waals surface area (Å²) in [6.45, 7) is 5.89. The highest BCUT2D eigenvalue weighted by molar-refractivity contribution is 5.85. The first-order valence-electron chi connectivity index (χ1n) is 13.6. The first kappa shape index (κ1) is 35.0. The fourth-order valence-electron chi connectivity index (χ4n) is 3.31. The number of aromatic carboxylic acids is 2. The van der Waals surface area contributed by atoms with Crippen LogP contribution >= 0.6 is 0 Å². The van der Waals surface area contributed by atoms with Gasteiger partial charge in [0, 0.05) is 37.7 Å². The maximum Gasteiger partial charge on any atom is 0.354 e. The van der Waals surface area contributed by atoms with E-state index in [2.05, 4.69) is 9.97 Å². The van der Waals surface area contributed by atoms with Crippen LogP contribution in [0.1, 0.15) is 58.0 Å². The van der Waals surface area contributed by atoms with Gasteiger partial charge in [0.2, 0.25) is 0 Å². The molecule has 0 unspecified atom stereocenters. The van der Waals surface area contributed by atoms with E-state index in [1.807, 2.05) is 12.1 Å². The second-order valence-electron chi connectivity index (χ2n) is 8.58. The summed E-state index contributed by atoms with van der Waals surface area (Å²) in [6, 6.07) is 10.1. The van der Waals surface area contributed by atoms with E-state index in [0.29, 0.717) is 65.9 Å². The standard InChI is InChI=1S/C22H28N2O6.C6H16N2O2/c25-21(26)19-11-5-9-17(23-19)7-1-3-13-29-15-16-30-14-4-2-8-18-10-6-12-20(24-18)22(27)28;7-1-3-9-5-6-10-4-2-8/h5-6,9-12H,1-4,7-8,13-16H2,(H,25,26)(H,27,28);1-8H2. The number of ether oxygens (including phenoxy) is 4. The molecule has 2 heterocycles. The summed E-state index contributed by atoms with van der Waals surface area (Å²) in [5.74, 6) is -2.02. The lowest BCUT2D eigenvalue weighted by Gasteiger charge is -2.06. The number of carboxylic acid groups (broad SMARTS) is 2. The summed E-state index contributed by atoms with van der Waals surface area (Å²) < 4.78 is 21.2. The lowest BCUT2D eigenvalue weighted by molar-refractivity contribution is 0.0451. The predicted octanol–water partition coefficient (Wildman–Crippen LogP) is 2.19. The SMILES string of the molecule is NCCOCCOCCN.O=C(O)c1cccc(CCCCOCCOCCCCc2cccc(C(=O)O)n2)n1. The maximum absolute atomic E-state index is 10.9. The molecule has 40 heavy (non-hydrogen) atoms. The lowest BCUT2D eigenvalue weighted by atomic mass is 10.2. The van der Waals surface area contributed by atoms with Crippen molar-refractivity contribution in [3.8, 4) is 0 Å². The average molecular weight is 565 g/mol. The Bertz CT molecular complexity index is 873. The molecule has 2 aromatic rings. The minimum atomic E-state index is -1.01. The van der Waals surface area contributed by atoms with Gasteiger partial charge in [-0.25, -0.2) is 19.6 Å². The summed E-state index contributed by atoms with van der Waals surface area (Å²) in [7, 11) is 0. The van der Waals surface area contributed by atoms with Gasteiger partial charge < -0.3 is 40.6 Å². The van der Waals surface area contributed by atoms with Crippen molar-refractivity contribution in [1.82, 2.24) is 9.97 Å². The predicted molar refractivity (Wildman–Crippen MR) is 150 cm³/mol. The van der Waals surface area contributed by atoms with Gasteiger partial charge >= 0.3 is 11.9 Å². The third kappa shape index (κ3) is 18.3. The van der Waals surface area contributed by atoms with E-state index in [9.17, 15) is 9.59 Å². The van der Waals surface area contributed by atoms with E-state index < -0.39 is 11.9 Å². The van der Waals surface area contributed by atoms with Crippen LogP contribution in [0.4, 0.5) is 0 Å². The van der Waals surface area contributed by atoms with Gasteiger partial charge in [0.25, 0.3) is 0 Å². The average Bonchev–Trinajstić information content (AvgIpc) is 2.96. The first-order chi connectivity index (χ1) is 19.5. The molecule has 2 rings (SSSR count). The summed E-state index contributed by atoms with van der Waals surface area (Å²) in [5.41, 5.74) is 12.1. The number of hydrogen-bond donors (Lipinski definition) is 4. The molecule has 0 bridgehead atoms. The number of pyridine rings is 2. The summed E-state index contributed by atoms with van der Waals surface area (Å²) >= 11 is 0. The molecule has 224 valence electrons. The Morgan fingerprint density at radius 1 is 0.575 bits per heavy atom. The molecule has 0 amide bonds. The number of nitrogens with two attached hydrogens (primary N) is 2. The van der Waals surface area contributed by atoms with E-state index in [-0.39, 0.29) is 11.4 Å². The fourth-order valence-corrected chi connectivity index (χ4v) is 3.31. The molecule has 0 radical (unpaired) electrons. The van der Waals surface area contributed by atoms with Crippen molar-refractivity contribution in [1.29, 1.82) is 0 Å². The van der Waals surface area contributed by atoms with Gasteiger partial charge in [0.1, 0.15) is 11.4 Å². The van der Waals surface area contributed by atoms with E-state index >= 15 is 0 Å². The van der Waals surface area contributed by atoms with Gasteiger partial charge in [0.15, 0.2) is 0 Å². The summed E-state index contributed by atoms with van der Waals surface area (Å²) in [4.78, 5) is 30.0. The molecule has 0 aliphatic rings. The number of unbranched alkanes of at least 4 members (excludes halogenated alkanes) is 2. The Hall–Kier alpha value is -3.00. The van der Waals surface area contributed by atoms with Crippen LogP contribution in [0.2, 0.25) is 0 Å². The van der Waals surface area contributed by atoms with E-state index in [1.54, 1.807) is 12.1 Å².